The topological polar surface area (TPSA) is 83.8 Å². The summed E-state index contributed by atoms with van der Waals surface area (Å²) in [4.78, 5) is 15.1. The second kappa shape index (κ2) is 6.85. The van der Waals surface area contributed by atoms with Crippen molar-refractivity contribution in [3.8, 4) is 5.75 Å². The Balaban J connectivity index is 2.07. The molecule has 0 aliphatic heterocycles. The number of anilines is 1. The molecular formula is C14H15N3O3S. The Hall–Kier alpha value is -2.41. The van der Waals surface area contributed by atoms with Gasteiger partial charge in [0.1, 0.15) is 5.75 Å². The fraction of sp³-hybridized carbons (Fsp3) is 0.214. The van der Waals surface area contributed by atoms with Gasteiger partial charge in [-0.15, -0.1) is 11.3 Å². The number of aryl methyl sites for hydroxylation is 1. The van der Waals surface area contributed by atoms with Crippen LogP contribution in [0.25, 0.3) is 0 Å². The quantitative estimate of drug-likeness (QED) is 0.633. The van der Waals surface area contributed by atoms with Crippen molar-refractivity contribution < 1.29 is 14.6 Å². The molecule has 2 N–H and O–H groups in total. The van der Waals surface area contributed by atoms with Gasteiger partial charge in [0.15, 0.2) is 6.10 Å². The average molecular weight is 305 g/mol. The van der Waals surface area contributed by atoms with E-state index in [-0.39, 0.29) is 0 Å². The molecule has 0 saturated carbocycles. The number of thiazole rings is 1. The van der Waals surface area contributed by atoms with Gasteiger partial charge in [-0.2, -0.15) is 5.10 Å². The summed E-state index contributed by atoms with van der Waals surface area (Å²) in [5.41, 5.74) is 4.44. The Morgan fingerprint density at radius 2 is 2.29 bits per heavy atom. The number of nitrogens with one attached hydrogen (secondary N) is 1. The number of carbonyl (C=O) groups is 1. The third kappa shape index (κ3) is 4.28. The highest BCUT2D eigenvalue weighted by molar-refractivity contribution is 7.13. The first-order valence-electron chi connectivity index (χ1n) is 6.26. The molecule has 0 aliphatic carbocycles. The lowest BCUT2D eigenvalue weighted by molar-refractivity contribution is -0.144. The highest BCUT2D eigenvalue weighted by Crippen LogP contribution is 2.18. The number of para-hydroxylation sites is 1. The number of rotatable bonds is 6. The number of ether oxygens (including phenoxy) is 1. The largest absolute Gasteiger partial charge is 0.479 e. The minimum atomic E-state index is -1.02. The molecule has 0 bridgehead atoms. The maximum atomic E-state index is 10.8. The fourth-order valence-electron chi connectivity index (χ4n) is 1.50. The third-order valence-corrected chi connectivity index (χ3v) is 3.42. The van der Waals surface area contributed by atoms with Gasteiger partial charge in [-0.3, -0.25) is 5.43 Å². The first kappa shape index (κ1) is 15.0. The molecule has 6 nitrogen and oxygen atoms in total. The number of carboxylic acid groups (broad SMARTS) is 1. The molecule has 21 heavy (non-hydrogen) atoms. The number of benzene rings is 1. The van der Waals surface area contributed by atoms with E-state index in [2.05, 4.69) is 15.5 Å². The van der Waals surface area contributed by atoms with Crippen molar-refractivity contribution in [2.45, 2.75) is 20.0 Å². The molecule has 2 rings (SSSR count). The zero-order chi connectivity index (χ0) is 15.2. The van der Waals surface area contributed by atoms with Crippen LogP contribution in [-0.2, 0) is 4.79 Å². The van der Waals surface area contributed by atoms with E-state index in [0.717, 1.165) is 5.69 Å². The Kier molecular flexibility index (Phi) is 4.89. The molecule has 1 unspecified atom stereocenters. The van der Waals surface area contributed by atoms with Crippen LogP contribution in [0.1, 0.15) is 18.2 Å². The highest BCUT2D eigenvalue weighted by atomic mass is 32.1. The summed E-state index contributed by atoms with van der Waals surface area (Å²) < 4.78 is 5.38. The van der Waals surface area contributed by atoms with Crippen LogP contribution >= 0.6 is 11.3 Å². The van der Waals surface area contributed by atoms with E-state index in [1.165, 1.54) is 18.3 Å². The Labute approximate surface area is 126 Å². The molecule has 2 aromatic rings. The number of hydrazone groups is 1. The first-order valence-corrected chi connectivity index (χ1v) is 7.14. The Morgan fingerprint density at radius 3 is 2.95 bits per heavy atom. The van der Waals surface area contributed by atoms with Gasteiger partial charge in [-0.1, -0.05) is 12.1 Å². The van der Waals surface area contributed by atoms with Crippen LogP contribution < -0.4 is 10.2 Å². The number of carboxylic acids is 1. The van der Waals surface area contributed by atoms with E-state index < -0.39 is 12.1 Å². The van der Waals surface area contributed by atoms with Crippen molar-refractivity contribution in [2.75, 3.05) is 5.43 Å². The molecule has 1 aromatic heterocycles. The van der Waals surface area contributed by atoms with E-state index in [9.17, 15) is 4.79 Å². The molecule has 7 heteroatoms. The second-order valence-corrected chi connectivity index (χ2v) is 5.16. The van der Waals surface area contributed by atoms with E-state index in [4.69, 9.17) is 9.84 Å². The Morgan fingerprint density at radius 1 is 1.52 bits per heavy atom. The van der Waals surface area contributed by atoms with Crippen molar-refractivity contribution in [1.82, 2.24) is 4.98 Å². The molecular weight excluding hydrogens is 290 g/mol. The van der Waals surface area contributed by atoms with Gasteiger partial charge in [-0.25, -0.2) is 9.78 Å². The van der Waals surface area contributed by atoms with Crippen molar-refractivity contribution in [1.29, 1.82) is 0 Å². The summed E-state index contributed by atoms with van der Waals surface area (Å²) in [6, 6.07) is 7.10. The van der Waals surface area contributed by atoms with Crippen molar-refractivity contribution in [3.05, 3.63) is 40.9 Å². The van der Waals surface area contributed by atoms with Crippen LogP contribution in [0.15, 0.2) is 34.7 Å². The predicted octanol–water partition coefficient (Wildman–Crippen LogP) is 2.75. The standard InChI is InChI=1S/C14H15N3O3S/c1-9-8-21-14(16-9)17-15-7-11-5-3-4-6-12(11)20-10(2)13(18)19/h3-8,10H,1-2H3,(H,16,17)(H,18,19). The lowest BCUT2D eigenvalue weighted by Crippen LogP contribution is -2.23. The van der Waals surface area contributed by atoms with E-state index >= 15 is 0 Å². The van der Waals surface area contributed by atoms with Crippen LogP contribution in [0.4, 0.5) is 5.13 Å². The zero-order valence-corrected chi connectivity index (χ0v) is 12.4. The summed E-state index contributed by atoms with van der Waals surface area (Å²) in [7, 11) is 0. The van der Waals surface area contributed by atoms with Gasteiger partial charge in [0.05, 0.1) is 11.9 Å². The number of aromatic nitrogens is 1. The number of aliphatic carboxylic acids is 1. The molecule has 0 aliphatic rings. The zero-order valence-electron chi connectivity index (χ0n) is 11.6. The lowest BCUT2D eigenvalue weighted by atomic mass is 10.2. The van der Waals surface area contributed by atoms with Gasteiger partial charge in [0.25, 0.3) is 0 Å². The lowest BCUT2D eigenvalue weighted by Gasteiger charge is -2.12. The van der Waals surface area contributed by atoms with Crippen molar-refractivity contribution in [3.63, 3.8) is 0 Å². The summed E-state index contributed by atoms with van der Waals surface area (Å²) in [5.74, 6) is -0.550. The molecule has 0 fully saturated rings. The smallest absolute Gasteiger partial charge is 0.344 e. The maximum Gasteiger partial charge on any atom is 0.344 e. The van der Waals surface area contributed by atoms with E-state index in [1.807, 2.05) is 18.4 Å². The maximum absolute atomic E-state index is 10.8. The van der Waals surface area contributed by atoms with Crippen LogP contribution in [0, 0.1) is 6.92 Å². The van der Waals surface area contributed by atoms with Gasteiger partial charge < -0.3 is 9.84 Å². The minimum absolute atomic E-state index is 0.466. The predicted molar refractivity (Wildman–Crippen MR) is 82.2 cm³/mol. The molecule has 0 amide bonds. The molecule has 1 aromatic carbocycles. The summed E-state index contributed by atoms with van der Waals surface area (Å²) in [6.45, 7) is 3.38. The number of hydrogen-bond donors (Lipinski definition) is 2. The van der Waals surface area contributed by atoms with Gasteiger partial charge >= 0.3 is 5.97 Å². The van der Waals surface area contributed by atoms with Crippen LogP contribution in [0.3, 0.4) is 0 Å². The fourth-order valence-corrected chi connectivity index (χ4v) is 2.13. The molecule has 1 atom stereocenters. The van der Waals surface area contributed by atoms with Crippen LogP contribution in [0.5, 0.6) is 5.75 Å². The van der Waals surface area contributed by atoms with E-state index in [0.29, 0.717) is 16.4 Å². The molecule has 1 heterocycles. The van der Waals surface area contributed by atoms with E-state index in [1.54, 1.807) is 24.4 Å². The van der Waals surface area contributed by atoms with Gasteiger partial charge in [-0.05, 0) is 26.0 Å². The number of hydrogen-bond acceptors (Lipinski definition) is 6. The molecule has 110 valence electrons. The third-order valence-electron chi connectivity index (χ3n) is 2.55. The van der Waals surface area contributed by atoms with Gasteiger partial charge in [0, 0.05) is 10.9 Å². The summed E-state index contributed by atoms with van der Waals surface area (Å²) in [5, 5.41) is 15.6. The van der Waals surface area contributed by atoms with Gasteiger partial charge in [0.2, 0.25) is 5.13 Å². The highest BCUT2D eigenvalue weighted by Gasteiger charge is 2.13. The minimum Gasteiger partial charge on any atom is -0.479 e. The van der Waals surface area contributed by atoms with Crippen LogP contribution in [0.2, 0.25) is 0 Å². The molecule has 0 saturated heterocycles. The summed E-state index contributed by atoms with van der Waals surface area (Å²) in [6.07, 6.45) is 0.648. The van der Waals surface area contributed by atoms with Crippen LogP contribution in [-0.4, -0.2) is 28.4 Å². The Bertz CT molecular complexity index is 654. The monoisotopic (exact) mass is 305 g/mol. The summed E-state index contributed by atoms with van der Waals surface area (Å²) >= 11 is 1.46. The average Bonchev–Trinajstić information content (AvgIpc) is 2.86. The van der Waals surface area contributed by atoms with Crippen molar-refractivity contribution in [2.24, 2.45) is 5.10 Å². The molecule has 0 spiro atoms. The number of nitrogens with zero attached hydrogens (tertiary/aromatic N) is 2. The second-order valence-electron chi connectivity index (χ2n) is 4.30. The first-order chi connectivity index (χ1) is 10.1. The molecule has 0 radical (unpaired) electrons. The van der Waals surface area contributed by atoms with Crippen molar-refractivity contribution >= 4 is 28.7 Å². The normalized spacial score (nSPS) is 12.3. The SMILES string of the molecule is Cc1csc(NN=Cc2ccccc2OC(C)C(=O)O)n1.